The van der Waals surface area contributed by atoms with Crippen LogP contribution < -0.4 is 10.3 Å². The first-order valence-corrected chi connectivity index (χ1v) is 13.0. The molecule has 1 unspecified atom stereocenters. The number of nitrogens with zero attached hydrogens (tertiary/aromatic N) is 4. The van der Waals surface area contributed by atoms with Crippen LogP contribution in [0.25, 0.3) is 33.2 Å². The highest BCUT2D eigenvalue weighted by atomic mass is 35.5. The number of aromatic amines is 1. The third-order valence-corrected chi connectivity index (χ3v) is 6.80. The summed E-state index contributed by atoms with van der Waals surface area (Å²) < 4.78 is 5.19. The number of nitriles is 1. The van der Waals surface area contributed by atoms with Gasteiger partial charge in [0.25, 0.3) is 5.56 Å². The lowest BCUT2D eigenvalue weighted by atomic mass is 9.96. The maximum Gasteiger partial charge on any atom is 0.272 e. The Morgan fingerprint density at radius 3 is 2.56 bits per heavy atom. The van der Waals surface area contributed by atoms with E-state index >= 15 is 0 Å². The summed E-state index contributed by atoms with van der Waals surface area (Å²) >= 11 is 7.92. The minimum Gasteiger partial charge on any atom is -0.267 e. The lowest BCUT2D eigenvalue weighted by Gasteiger charge is -2.22. The van der Waals surface area contributed by atoms with Crippen molar-refractivity contribution in [2.24, 2.45) is 7.05 Å². The second-order valence-electron chi connectivity index (χ2n) is 9.06. The van der Waals surface area contributed by atoms with Crippen LogP contribution in [0.3, 0.4) is 0 Å². The molecule has 2 aromatic heterocycles. The van der Waals surface area contributed by atoms with Gasteiger partial charge in [-0.05, 0) is 51.5 Å². The normalized spacial score (nSPS) is 12.1. The van der Waals surface area contributed by atoms with E-state index in [4.69, 9.17) is 11.6 Å². The van der Waals surface area contributed by atoms with Crippen molar-refractivity contribution in [2.45, 2.75) is 52.3 Å². The number of hydrogen-bond acceptors (Lipinski definition) is 6. The van der Waals surface area contributed by atoms with Crippen LogP contribution in [0.4, 0.5) is 0 Å². The number of fused-ring (bicyclic) bond motifs is 1. The van der Waals surface area contributed by atoms with E-state index in [0.717, 1.165) is 27.9 Å². The lowest BCUT2D eigenvalue weighted by Crippen LogP contribution is -2.22. The predicted octanol–water partition coefficient (Wildman–Crippen LogP) is 6.64. The van der Waals surface area contributed by atoms with Gasteiger partial charge in [0.1, 0.15) is 6.07 Å². The Balaban J connectivity index is 0.00000176. The molecule has 4 aromatic rings. The second kappa shape index (κ2) is 11.3. The first-order valence-electron chi connectivity index (χ1n) is 11.8. The molecule has 0 aliphatic heterocycles. The van der Waals surface area contributed by atoms with Crippen LogP contribution in [0.15, 0.2) is 47.4 Å². The third-order valence-electron chi connectivity index (χ3n) is 5.40. The van der Waals surface area contributed by atoms with Crippen molar-refractivity contribution in [1.29, 1.82) is 5.26 Å². The summed E-state index contributed by atoms with van der Waals surface area (Å²) in [4.78, 5) is 12.5. The molecule has 36 heavy (non-hydrogen) atoms. The van der Waals surface area contributed by atoms with Gasteiger partial charge in [0, 0.05) is 28.3 Å². The van der Waals surface area contributed by atoms with Crippen molar-refractivity contribution in [3.8, 4) is 28.5 Å². The molecule has 2 aromatic carbocycles. The van der Waals surface area contributed by atoms with E-state index < -0.39 is 0 Å². The molecule has 9 heteroatoms. The van der Waals surface area contributed by atoms with E-state index in [2.05, 4.69) is 46.9 Å². The number of aryl methyl sites for hydroxylation is 1. The molecular formula is C27H31ClN6OS. The van der Waals surface area contributed by atoms with Crippen LogP contribution in [0.2, 0.25) is 5.02 Å². The van der Waals surface area contributed by atoms with Crippen LogP contribution in [-0.4, -0.2) is 24.7 Å². The predicted molar refractivity (Wildman–Crippen MR) is 150 cm³/mol. The standard InChI is InChI=1S/C25H25ClN6OS.C2H6/c1-14(31-34-25(2,3)4)22-18-11-15(9-10-17(18)24(33)30-29-22)20-13-28-32(5)23(20)16-7-6-8-21(26)19(16)12-27;1-2/h6-11,13-14,31H,1-5H3,(H,30,33);1-2H3. The van der Waals surface area contributed by atoms with Gasteiger partial charge in [-0.15, -0.1) is 0 Å². The number of H-pyrrole nitrogens is 1. The lowest BCUT2D eigenvalue weighted by molar-refractivity contribution is 0.694. The summed E-state index contributed by atoms with van der Waals surface area (Å²) in [5.41, 5.74) is 4.07. The highest BCUT2D eigenvalue weighted by molar-refractivity contribution is 7.98. The fraction of sp³-hybridized carbons (Fsp3) is 0.333. The molecule has 2 heterocycles. The number of rotatable bonds is 5. The maximum absolute atomic E-state index is 12.5. The number of benzene rings is 2. The Kier molecular flexibility index (Phi) is 8.62. The maximum atomic E-state index is 12.5. The topological polar surface area (TPSA) is 99.4 Å². The molecule has 0 saturated carbocycles. The molecule has 188 valence electrons. The number of aromatic nitrogens is 4. The quantitative estimate of drug-likeness (QED) is 0.285. The first kappa shape index (κ1) is 27.5. The molecule has 1 atom stereocenters. The molecule has 0 spiro atoms. The van der Waals surface area contributed by atoms with Gasteiger partial charge < -0.3 is 0 Å². The van der Waals surface area contributed by atoms with Crippen LogP contribution in [0.1, 0.15) is 58.8 Å². The molecule has 2 N–H and O–H groups in total. The van der Waals surface area contributed by atoms with Crippen LogP contribution >= 0.6 is 23.5 Å². The number of hydrogen-bond donors (Lipinski definition) is 2. The molecular weight excluding hydrogens is 492 g/mol. The molecule has 0 saturated heterocycles. The van der Waals surface area contributed by atoms with Crippen LogP contribution in [0.5, 0.6) is 0 Å². The third kappa shape index (κ3) is 5.65. The average molecular weight is 523 g/mol. The zero-order valence-electron chi connectivity index (χ0n) is 21.6. The minimum atomic E-state index is -0.242. The van der Waals surface area contributed by atoms with Crippen molar-refractivity contribution >= 4 is 34.3 Å². The Morgan fingerprint density at radius 2 is 1.89 bits per heavy atom. The smallest absolute Gasteiger partial charge is 0.267 e. The van der Waals surface area contributed by atoms with Crippen LogP contribution in [0, 0.1) is 11.3 Å². The Bertz CT molecular complexity index is 1480. The second-order valence-corrected chi connectivity index (χ2v) is 11.1. The molecule has 4 rings (SSSR count). The van der Waals surface area contributed by atoms with Crippen molar-refractivity contribution < 1.29 is 0 Å². The minimum absolute atomic E-state index is 0.0252. The first-order chi connectivity index (χ1) is 17.1. The summed E-state index contributed by atoms with van der Waals surface area (Å²) in [6.45, 7) is 12.4. The highest BCUT2D eigenvalue weighted by Crippen LogP contribution is 2.37. The van der Waals surface area contributed by atoms with Crippen molar-refractivity contribution in [3.05, 3.63) is 69.2 Å². The summed E-state index contributed by atoms with van der Waals surface area (Å²) in [5.74, 6) is 0. The summed E-state index contributed by atoms with van der Waals surface area (Å²) in [7, 11) is 1.83. The average Bonchev–Trinajstić information content (AvgIpc) is 3.24. The Labute approximate surface area is 221 Å². The van der Waals surface area contributed by atoms with E-state index in [1.54, 1.807) is 35.0 Å². The summed E-state index contributed by atoms with van der Waals surface area (Å²) in [6.07, 6.45) is 1.76. The van der Waals surface area contributed by atoms with E-state index in [9.17, 15) is 10.1 Å². The van der Waals surface area contributed by atoms with E-state index in [0.29, 0.717) is 21.5 Å². The van der Waals surface area contributed by atoms with Crippen molar-refractivity contribution in [2.75, 3.05) is 0 Å². The van der Waals surface area contributed by atoms with Gasteiger partial charge in [-0.25, -0.2) is 5.10 Å². The van der Waals surface area contributed by atoms with Crippen molar-refractivity contribution in [3.63, 3.8) is 0 Å². The largest absolute Gasteiger partial charge is 0.272 e. The Hall–Kier alpha value is -3.12. The molecule has 7 nitrogen and oxygen atoms in total. The summed E-state index contributed by atoms with van der Waals surface area (Å²) in [6, 6.07) is 13.1. The van der Waals surface area contributed by atoms with Gasteiger partial charge in [0.05, 0.1) is 39.6 Å². The molecule has 0 radical (unpaired) electrons. The van der Waals surface area contributed by atoms with Gasteiger partial charge >= 0.3 is 0 Å². The van der Waals surface area contributed by atoms with Crippen molar-refractivity contribution in [1.82, 2.24) is 24.7 Å². The highest BCUT2D eigenvalue weighted by Gasteiger charge is 2.21. The van der Waals surface area contributed by atoms with Gasteiger partial charge in [0.15, 0.2) is 0 Å². The summed E-state index contributed by atoms with van der Waals surface area (Å²) in [5, 5.41) is 22.9. The van der Waals surface area contributed by atoms with E-state index in [1.165, 1.54) is 0 Å². The van der Waals surface area contributed by atoms with Gasteiger partial charge in [-0.1, -0.05) is 55.6 Å². The zero-order valence-corrected chi connectivity index (χ0v) is 23.2. The SMILES string of the molecule is CC.CC(NSC(C)(C)C)c1n[nH]c(=O)c2ccc(-c3cnn(C)c3-c3cccc(Cl)c3C#N)cc12. The van der Waals surface area contributed by atoms with E-state index in [-0.39, 0.29) is 16.3 Å². The van der Waals surface area contributed by atoms with Gasteiger partial charge in [-0.2, -0.15) is 15.5 Å². The molecule has 0 amide bonds. The van der Waals surface area contributed by atoms with Crippen LogP contribution in [-0.2, 0) is 7.05 Å². The molecule has 0 aliphatic rings. The fourth-order valence-corrected chi connectivity index (χ4v) is 4.67. The molecule has 0 fully saturated rings. The monoisotopic (exact) mass is 522 g/mol. The molecule has 0 aliphatic carbocycles. The number of nitrogens with one attached hydrogen (secondary N) is 2. The zero-order chi connectivity index (χ0) is 26.6. The van der Waals surface area contributed by atoms with E-state index in [1.807, 2.05) is 52.1 Å². The molecule has 0 bridgehead atoms. The number of halogens is 1. The Morgan fingerprint density at radius 1 is 1.17 bits per heavy atom. The fourth-order valence-electron chi connectivity index (χ4n) is 3.81. The van der Waals surface area contributed by atoms with Gasteiger partial charge in [0.2, 0.25) is 0 Å². The van der Waals surface area contributed by atoms with Gasteiger partial charge in [-0.3, -0.25) is 14.2 Å².